The minimum absolute atomic E-state index is 0.000153. The zero-order valence-corrected chi connectivity index (χ0v) is 13.4. The van der Waals surface area contributed by atoms with Gasteiger partial charge < -0.3 is 10.1 Å². The van der Waals surface area contributed by atoms with Crippen LogP contribution >= 0.6 is 0 Å². The molecule has 0 saturated heterocycles. The highest BCUT2D eigenvalue weighted by atomic mass is 16.5. The van der Waals surface area contributed by atoms with E-state index >= 15 is 0 Å². The second-order valence-corrected chi connectivity index (χ2v) is 6.05. The van der Waals surface area contributed by atoms with Crippen LogP contribution in [0, 0.1) is 12.3 Å². The molecule has 1 aromatic rings. The third-order valence-electron chi connectivity index (χ3n) is 3.03. The van der Waals surface area contributed by atoms with Gasteiger partial charge in [-0.15, -0.1) is 0 Å². The Kier molecular flexibility index (Phi) is 5.88. The number of anilines is 1. The van der Waals surface area contributed by atoms with E-state index in [1.165, 1.54) is 0 Å². The lowest BCUT2D eigenvalue weighted by Gasteiger charge is -2.22. The van der Waals surface area contributed by atoms with Gasteiger partial charge in [-0.3, -0.25) is 4.79 Å². The van der Waals surface area contributed by atoms with Gasteiger partial charge in [0, 0.05) is 18.0 Å². The van der Waals surface area contributed by atoms with E-state index < -0.39 is 17.4 Å². The fourth-order valence-electron chi connectivity index (χ4n) is 1.66. The smallest absolute Gasteiger partial charge is 0.329 e. The largest absolute Gasteiger partial charge is 0.464 e. The average molecular weight is 292 g/mol. The standard InChI is InChI=1S/C16H24N2O3/c1-6-21-15(20)12(9-13(19)16(3,4)5)18-14-8-7-11(2)10-17-14/h7-8,10,12H,6,9H2,1-5H3,(H,17,18). The summed E-state index contributed by atoms with van der Waals surface area (Å²) in [6, 6.07) is 2.96. The van der Waals surface area contributed by atoms with Crippen molar-refractivity contribution in [3.8, 4) is 0 Å². The number of rotatable bonds is 6. The number of pyridine rings is 1. The average Bonchev–Trinajstić information content (AvgIpc) is 2.39. The maximum absolute atomic E-state index is 12.2. The molecule has 0 fully saturated rings. The highest BCUT2D eigenvalue weighted by molar-refractivity contribution is 5.90. The van der Waals surface area contributed by atoms with E-state index in [0.717, 1.165) is 5.56 Å². The molecule has 0 aliphatic heterocycles. The molecular weight excluding hydrogens is 268 g/mol. The van der Waals surface area contributed by atoms with Crippen molar-refractivity contribution in [3.63, 3.8) is 0 Å². The van der Waals surface area contributed by atoms with Gasteiger partial charge in [0.2, 0.25) is 0 Å². The van der Waals surface area contributed by atoms with Gasteiger partial charge in [-0.2, -0.15) is 0 Å². The van der Waals surface area contributed by atoms with Crippen molar-refractivity contribution >= 4 is 17.6 Å². The Hall–Kier alpha value is -1.91. The minimum atomic E-state index is -0.716. The number of aromatic nitrogens is 1. The molecule has 5 heteroatoms. The first-order chi connectivity index (χ1) is 9.74. The van der Waals surface area contributed by atoms with Crippen LogP contribution in [-0.4, -0.2) is 29.4 Å². The number of ether oxygens (including phenoxy) is 1. The summed E-state index contributed by atoms with van der Waals surface area (Å²) in [5.74, 6) is 0.123. The topological polar surface area (TPSA) is 68.3 Å². The predicted octanol–water partition coefficient (Wildman–Crippen LogP) is 2.74. The number of hydrogen-bond acceptors (Lipinski definition) is 5. The van der Waals surface area contributed by atoms with Crippen LogP contribution in [0.5, 0.6) is 0 Å². The minimum Gasteiger partial charge on any atom is -0.464 e. The quantitative estimate of drug-likeness (QED) is 0.816. The van der Waals surface area contributed by atoms with Crippen LogP contribution < -0.4 is 5.32 Å². The molecule has 0 saturated carbocycles. The maximum atomic E-state index is 12.2. The number of aryl methyl sites for hydroxylation is 1. The molecule has 1 heterocycles. The fourth-order valence-corrected chi connectivity index (χ4v) is 1.66. The summed E-state index contributed by atoms with van der Waals surface area (Å²) < 4.78 is 5.03. The number of hydrogen-bond donors (Lipinski definition) is 1. The molecule has 21 heavy (non-hydrogen) atoms. The van der Waals surface area contributed by atoms with E-state index in [9.17, 15) is 9.59 Å². The van der Waals surface area contributed by atoms with Gasteiger partial charge in [-0.25, -0.2) is 9.78 Å². The third-order valence-corrected chi connectivity index (χ3v) is 3.03. The van der Waals surface area contributed by atoms with E-state index in [0.29, 0.717) is 5.82 Å². The Morgan fingerprint density at radius 2 is 2.00 bits per heavy atom. The number of esters is 1. The molecule has 1 N–H and O–H groups in total. The molecule has 0 bridgehead atoms. The monoisotopic (exact) mass is 292 g/mol. The number of nitrogens with one attached hydrogen (secondary N) is 1. The molecule has 0 aromatic carbocycles. The molecule has 1 atom stereocenters. The summed E-state index contributed by atoms with van der Waals surface area (Å²) in [5, 5.41) is 2.99. The molecule has 1 unspecified atom stereocenters. The van der Waals surface area contributed by atoms with Crippen molar-refractivity contribution in [1.29, 1.82) is 0 Å². The van der Waals surface area contributed by atoms with Gasteiger partial charge >= 0.3 is 5.97 Å². The first kappa shape index (κ1) is 17.1. The Bertz CT molecular complexity index is 489. The van der Waals surface area contributed by atoms with E-state index in [4.69, 9.17) is 4.74 Å². The molecule has 5 nitrogen and oxygen atoms in total. The van der Waals surface area contributed by atoms with E-state index in [2.05, 4.69) is 10.3 Å². The van der Waals surface area contributed by atoms with Gasteiger partial charge in [0.05, 0.1) is 6.61 Å². The van der Waals surface area contributed by atoms with E-state index in [1.807, 2.05) is 33.8 Å². The fraction of sp³-hybridized carbons (Fsp3) is 0.562. The van der Waals surface area contributed by atoms with Crippen molar-refractivity contribution in [2.45, 2.75) is 47.1 Å². The molecule has 1 aromatic heterocycles. The van der Waals surface area contributed by atoms with Gasteiger partial charge in [0.1, 0.15) is 17.6 Å². The Morgan fingerprint density at radius 3 is 2.48 bits per heavy atom. The van der Waals surface area contributed by atoms with Crippen molar-refractivity contribution in [3.05, 3.63) is 23.9 Å². The summed E-state index contributed by atoms with van der Waals surface area (Å²) in [6.07, 6.45) is 1.79. The first-order valence-electron chi connectivity index (χ1n) is 7.13. The Morgan fingerprint density at radius 1 is 1.33 bits per heavy atom. The van der Waals surface area contributed by atoms with Crippen LogP contribution in [0.2, 0.25) is 0 Å². The van der Waals surface area contributed by atoms with E-state index in [-0.39, 0.29) is 18.8 Å². The normalized spacial score (nSPS) is 12.6. The summed E-state index contributed by atoms with van der Waals surface area (Å²) in [4.78, 5) is 28.4. The molecule has 0 spiro atoms. The molecule has 0 aliphatic rings. The summed E-state index contributed by atoms with van der Waals surface area (Å²) in [6.45, 7) is 9.46. The molecule has 116 valence electrons. The Balaban J connectivity index is 2.84. The van der Waals surface area contributed by atoms with Gasteiger partial charge in [0.15, 0.2) is 0 Å². The lowest BCUT2D eigenvalue weighted by atomic mass is 9.87. The van der Waals surface area contributed by atoms with Crippen LogP contribution in [0.1, 0.15) is 39.7 Å². The molecule has 0 radical (unpaired) electrons. The predicted molar refractivity (Wildman–Crippen MR) is 82.1 cm³/mol. The van der Waals surface area contributed by atoms with Crippen LogP contribution in [0.4, 0.5) is 5.82 Å². The van der Waals surface area contributed by atoms with Crippen LogP contribution in [0.25, 0.3) is 0 Å². The van der Waals surface area contributed by atoms with Crippen molar-refractivity contribution in [1.82, 2.24) is 4.98 Å². The zero-order valence-electron chi connectivity index (χ0n) is 13.4. The van der Waals surface area contributed by atoms with Crippen molar-refractivity contribution < 1.29 is 14.3 Å². The number of ketones is 1. The number of carbonyl (C=O) groups excluding carboxylic acids is 2. The summed E-state index contributed by atoms with van der Waals surface area (Å²) in [5.41, 5.74) is 0.534. The number of carbonyl (C=O) groups is 2. The second-order valence-electron chi connectivity index (χ2n) is 6.05. The van der Waals surface area contributed by atoms with Crippen LogP contribution in [0.15, 0.2) is 18.3 Å². The zero-order chi connectivity index (χ0) is 16.0. The second kappa shape index (κ2) is 7.20. The summed E-state index contributed by atoms with van der Waals surface area (Å²) >= 11 is 0. The summed E-state index contributed by atoms with van der Waals surface area (Å²) in [7, 11) is 0. The first-order valence-corrected chi connectivity index (χ1v) is 7.13. The lowest BCUT2D eigenvalue weighted by Crippen LogP contribution is -2.37. The van der Waals surface area contributed by atoms with Gasteiger partial charge in [0.25, 0.3) is 0 Å². The number of Topliss-reactive ketones (excluding diaryl/α,β-unsaturated/α-hetero) is 1. The molecule has 0 aliphatic carbocycles. The van der Waals surface area contributed by atoms with E-state index in [1.54, 1.807) is 19.2 Å². The van der Waals surface area contributed by atoms with Crippen molar-refractivity contribution in [2.75, 3.05) is 11.9 Å². The lowest BCUT2D eigenvalue weighted by molar-refractivity contribution is -0.146. The highest BCUT2D eigenvalue weighted by Gasteiger charge is 2.29. The van der Waals surface area contributed by atoms with Crippen LogP contribution in [0.3, 0.4) is 0 Å². The van der Waals surface area contributed by atoms with Gasteiger partial charge in [-0.1, -0.05) is 26.8 Å². The maximum Gasteiger partial charge on any atom is 0.329 e. The third kappa shape index (κ3) is 5.53. The molecule has 0 amide bonds. The van der Waals surface area contributed by atoms with Crippen LogP contribution in [-0.2, 0) is 14.3 Å². The van der Waals surface area contributed by atoms with Crippen molar-refractivity contribution in [2.24, 2.45) is 5.41 Å². The highest BCUT2D eigenvalue weighted by Crippen LogP contribution is 2.19. The number of nitrogens with zero attached hydrogens (tertiary/aromatic N) is 1. The Labute approximate surface area is 126 Å². The molecule has 1 rings (SSSR count). The molecular formula is C16H24N2O3. The SMILES string of the molecule is CCOC(=O)C(CC(=O)C(C)(C)C)Nc1ccc(C)cn1. The van der Waals surface area contributed by atoms with Gasteiger partial charge in [-0.05, 0) is 25.5 Å².